The summed E-state index contributed by atoms with van der Waals surface area (Å²) in [6.45, 7) is 1.52. The molecule has 0 saturated heterocycles. The van der Waals surface area contributed by atoms with Crippen LogP contribution in [-0.4, -0.2) is 25.8 Å². The smallest absolute Gasteiger partial charge is 0.221 e. The molecule has 2 aliphatic rings. The third-order valence-corrected chi connectivity index (χ3v) is 10.0. The number of aromatic amines is 2. The van der Waals surface area contributed by atoms with Gasteiger partial charge in [-0.15, -0.1) is 0 Å². The van der Waals surface area contributed by atoms with Crippen molar-refractivity contribution in [1.29, 1.82) is 0 Å². The number of pyridine rings is 3. The van der Waals surface area contributed by atoms with Crippen LogP contribution >= 0.6 is 0 Å². The lowest BCUT2D eigenvalue weighted by molar-refractivity contribution is -0.671. The number of H-pyrrole nitrogens is 2. The van der Waals surface area contributed by atoms with Crippen molar-refractivity contribution in [3.8, 4) is 44.5 Å². The van der Waals surface area contributed by atoms with Gasteiger partial charge in [0.1, 0.15) is 21.1 Å². The standard InChI is InChI=1S/C46H37N8O.3ClH/c1-29(55)47-34-7-5-30(6-8-34)43-35-9-11-37(48-35)44(31-17-23-52(2)24-18-31)39-13-15-41(50-39)46(33-21-27-54(4)28-22-33)42-16-14-40(51-42)45(38-12-10-36(43)49-38)32-19-25-53(3)26-20-32;;;/h5-28H,1-4H3,(H-,47,48,49,50,51,55);3*1H/q+1;;;/p-1. The SMILES string of the molecule is CC(=O)Nc1ccc(-c2c3ccc([nH]3)c(-c3cc[n+](C)cc3)c3nc(c(-c4cc[n+](C)cc4)c4nc(c(-c5cc[n+](C)cc5)c5ccc2[nH]5)C=C4)C=C3)cc1.[Cl-].[Cl-].[Cl-]. The zero-order valence-electron chi connectivity index (χ0n) is 32.1. The van der Waals surface area contributed by atoms with Gasteiger partial charge in [0, 0.05) is 93.3 Å². The summed E-state index contributed by atoms with van der Waals surface area (Å²) in [6.07, 6.45) is 20.7. The minimum atomic E-state index is -0.112. The highest BCUT2D eigenvalue weighted by atomic mass is 35.5. The van der Waals surface area contributed by atoms with Crippen LogP contribution in [0.5, 0.6) is 0 Å². The number of rotatable bonds is 5. The zero-order valence-corrected chi connectivity index (χ0v) is 34.4. The van der Waals surface area contributed by atoms with Gasteiger partial charge in [-0.3, -0.25) is 4.79 Å². The lowest BCUT2D eigenvalue weighted by atomic mass is 10.0. The second-order valence-corrected chi connectivity index (χ2v) is 14.0. The van der Waals surface area contributed by atoms with E-state index >= 15 is 0 Å². The van der Waals surface area contributed by atoms with E-state index in [0.29, 0.717) is 0 Å². The molecule has 0 fully saturated rings. The van der Waals surface area contributed by atoms with Crippen LogP contribution in [0.3, 0.4) is 0 Å². The molecule has 1 amide bonds. The first-order valence-electron chi connectivity index (χ1n) is 18.2. The van der Waals surface area contributed by atoms with E-state index in [1.807, 2.05) is 59.1 Å². The number of halogens is 3. The van der Waals surface area contributed by atoms with Gasteiger partial charge in [-0.1, -0.05) is 12.1 Å². The number of anilines is 1. The summed E-state index contributed by atoms with van der Waals surface area (Å²) in [5, 5.41) is 2.90. The molecule has 6 aromatic heterocycles. The Kier molecular flexibility index (Phi) is 12.1. The Labute approximate surface area is 354 Å². The largest absolute Gasteiger partial charge is 1.00 e. The molecular formula is C46H39Cl3N8O. The maximum atomic E-state index is 11.9. The second-order valence-electron chi connectivity index (χ2n) is 14.0. The van der Waals surface area contributed by atoms with Gasteiger partial charge >= 0.3 is 0 Å². The van der Waals surface area contributed by atoms with Gasteiger partial charge in [-0.25, -0.2) is 23.7 Å². The Morgan fingerprint density at radius 1 is 0.448 bits per heavy atom. The van der Waals surface area contributed by atoms with E-state index in [1.54, 1.807) is 0 Å². The molecule has 0 saturated carbocycles. The number of aryl methyl sites for hydroxylation is 3. The molecule has 0 atom stereocenters. The third kappa shape index (κ3) is 7.93. The molecule has 3 N–H and O–H groups in total. The predicted octanol–water partition coefficient (Wildman–Crippen LogP) is -1.23. The van der Waals surface area contributed by atoms with Gasteiger partial charge in [0.15, 0.2) is 37.2 Å². The highest BCUT2D eigenvalue weighted by Gasteiger charge is 2.20. The normalized spacial score (nSPS) is 11.3. The van der Waals surface area contributed by atoms with Crippen LogP contribution in [0.1, 0.15) is 29.7 Å². The number of nitrogens with one attached hydrogen (secondary N) is 3. The Bertz CT molecular complexity index is 2740. The highest BCUT2D eigenvalue weighted by Crippen LogP contribution is 2.38. The minimum Gasteiger partial charge on any atom is -1.00 e. The van der Waals surface area contributed by atoms with E-state index in [9.17, 15) is 4.79 Å². The van der Waals surface area contributed by atoms with Gasteiger partial charge in [0.25, 0.3) is 0 Å². The quantitative estimate of drug-likeness (QED) is 0.190. The summed E-state index contributed by atoms with van der Waals surface area (Å²) in [5.41, 5.74) is 15.9. The number of hydrogen-bond donors (Lipinski definition) is 3. The average molecular weight is 826 g/mol. The molecule has 0 spiro atoms. The molecule has 12 heteroatoms. The lowest BCUT2D eigenvalue weighted by Gasteiger charge is -2.07. The van der Waals surface area contributed by atoms with Crippen molar-refractivity contribution in [3.63, 3.8) is 0 Å². The molecule has 2 aliphatic heterocycles. The van der Waals surface area contributed by atoms with E-state index in [-0.39, 0.29) is 43.1 Å². The Morgan fingerprint density at radius 3 is 1.12 bits per heavy atom. The van der Waals surface area contributed by atoms with Gasteiger partial charge in [-0.2, -0.15) is 0 Å². The van der Waals surface area contributed by atoms with Crippen molar-refractivity contribution in [1.82, 2.24) is 19.9 Å². The number of fused-ring (bicyclic) bond motifs is 8. The number of carbonyl (C=O) groups is 1. The molecule has 0 aliphatic carbocycles. The van der Waals surface area contributed by atoms with Crippen LogP contribution in [-0.2, 0) is 25.9 Å². The molecule has 58 heavy (non-hydrogen) atoms. The summed E-state index contributed by atoms with van der Waals surface area (Å²) in [5.74, 6) is -0.112. The second kappa shape index (κ2) is 17.0. The number of aromatic nitrogens is 7. The lowest BCUT2D eigenvalue weighted by Crippen LogP contribution is -3.00. The summed E-state index contributed by atoms with van der Waals surface area (Å²) < 4.78 is 6.09. The van der Waals surface area contributed by atoms with Crippen LogP contribution in [0.15, 0.2) is 122 Å². The molecule has 0 radical (unpaired) electrons. The number of nitrogens with zero attached hydrogens (tertiary/aromatic N) is 5. The molecule has 1 aromatic carbocycles. The fourth-order valence-corrected chi connectivity index (χ4v) is 7.35. The Morgan fingerprint density at radius 2 is 0.759 bits per heavy atom. The van der Waals surface area contributed by atoms with E-state index in [1.165, 1.54) is 6.92 Å². The van der Waals surface area contributed by atoms with E-state index < -0.39 is 0 Å². The van der Waals surface area contributed by atoms with Crippen LogP contribution in [0.25, 0.3) is 90.9 Å². The average Bonchev–Trinajstić information content (AvgIpc) is 4.02. The van der Waals surface area contributed by atoms with Gasteiger partial charge in [0.05, 0.1) is 22.8 Å². The summed E-state index contributed by atoms with van der Waals surface area (Å²) in [7, 11) is 6.06. The zero-order chi connectivity index (χ0) is 37.6. The predicted molar refractivity (Wildman–Crippen MR) is 218 cm³/mol. The van der Waals surface area contributed by atoms with E-state index in [0.717, 1.165) is 95.0 Å². The first-order valence-corrected chi connectivity index (χ1v) is 18.2. The fraction of sp³-hybridized carbons (Fsp3) is 0.0870. The Balaban J connectivity index is 0.00000189. The van der Waals surface area contributed by atoms with Gasteiger partial charge in [0.2, 0.25) is 5.91 Å². The van der Waals surface area contributed by atoms with Crippen molar-refractivity contribution < 1.29 is 55.7 Å². The van der Waals surface area contributed by atoms with E-state index in [4.69, 9.17) is 9.97 Å². The monoisotopic (exact) mass is 824 g/mol. The maximum absolute atomic E-state index is 11.9. The van der Waals surface area contributed by atoms with Gasteiger partial charge in [-0.05, 0) is 83.0 Å². The molecule has 290 valence electrons. The Hall–Kier alpha value is -6.39. The number of amides is 1. The minimum absolute atomic E-state index is 0. The number of benzene rings is 1. The van der Waals surface area contributed by atoms with Crippen molar-refractivity contribution in [3.05, 3.63) is 145 Å². The molecule has 9 nitrogen and oxygen atoms in total. The fourth-order valence-electron chi connectivity index (χ4n) is 7.35. The van der Waals surface area contributed by atoms with Crippen LogP contribution in [0, 0.1) is 0 Å². The molecular weight excluding hydrogens is 787 g/mol. The molecule has 7 aromatic rings. The van der Waals surface area contributed by atoms with Crippen LogP contribution < -0.4 is 56.2 Å². The van der Waals surface area contributed by atoms with Crippen molar-refractivity contribution >= 4 is 58.0 Å². The van der Waals surface area contributed by atoms with Crippen molar-refractivity contribution in [2.24, 2.45) is 21.1 Å². The topological polar surface area (TPSA) is 98.1 Å². The molecule has 9 rings (SSSR count). The first kappa shape index (κ1) is 41.2. The summed E-state index contributed by atoms with van der Waals surface area (Å²) in [6, 6.07) is 29.2. The molecule has 8 bridgehead atoms. The third-order valence-electron chi connectivity index (χ3n) is 10.0. The van der Waals surface area contributed by atoms with Gasteiger partial charge < -0.3 is 52.5 Å². The maximum Gasteiger partial charge on any atom is 0.221 e. The van der Waals surface area contributed by atoms with E-state index in [2.05, 4.69) is 137 Å². The van der Waals surface area contributed by atoms with Crippen LogP contribution in [0.4, 0.5) is 5.69 Å². The molecule has 0 unspecified atom stereocenters. The molecule has 8 heterocycles. The van der Waals surface area contributed by atoms with Crippen molar-refractivity contribution in [2.75, 3.05) is 5.32 Å². The number of hydrogen-bond acceptors (Lipinski definition) is 3. The highest BCUT2D eigenvalue weighted by molar-refractivity contribution is 6.00. The summed E-state index contributed by atoms with van der Waals surface area (Å²) >= 11 is 0. The van der Waals surface area contributed by atoms with Crippen molar-refractivity contribution in [2.45, 2.75) is 6.92 Å². The number of carbonyl (C=O) groups excluding carboxylic acids is 1. The first-order chi connectivity index (χ1) is 26.8. The van der Waals surface area contributed by atoms with Crippen LogP contribution in [0.2, 0.25) is 0 Å². The summed E-state index contributed by atoms with van der Waals surface area (Å²) in [4.78, 5) is 30.2.